The summed E-state index contributed by atoms with van der Waals surface area (Å²) in [5, 5.41) is 24.9. The topological polar surface area (TPSA) is 115 Å². The number of carbonyl (C=O) groups is 2. The van der Waals surface area contributed by atoms with Crippen molar-refractivity contribution in [3.8, 4) is 0 Å². The molecule has 2 bridgehead atoms. The van der Waals surface area contributed by atoms with Gasteiger partial charge in [-0.05, 0) is 18.6 Å². The molecule has 0 spiro atoms. The number of fused-ring (bicyclic) bond motifs is 2. The van der Waals surface area contributed by atoms with Gasteiger partial charge in [-0.1, -0.05) is 6.07 Å². The van der Waals surface area contributed by atoms with E-state index in [1.54, 1.807) is 4.90 Å². The Morgan fingerprint density at radius 3 is 2.67 bits per heavy atom. The SMILES string of the molecule is O=C(O)CCC(C(=O)O)N1CCNCCNCc2cccc(n2)C1. The van der Waals surface area contributed by atoms with Crippen molar-refractivity contribution >= 4 is 11.9 Å². The predicted molar refractivity (Wildman–Crippen MR) is 87.5 cm³/mol. The maximum Gasteiger partial charge on any atom is 0.320 e. The zero-order valence-corrected chi connectivity index (χ0v) is 13.6. The molecular weight excluding hydrogens is 312 g/mol. The average Bonchev–Trinajstić information content (AvgIpc) is 2.52. The maximum absolute atomic E-state index is 11.6. The van der Waals surface area contributed by atoms with Crippen LogP contribution in [-0.2, 0) is 22.7 Å². The van der Waals surface area contributed by atoms with Crippen LogP contribution in [0.25, 0.3) is 0 Å². The summed E-state index contributed by atoms with van der Waals surface area (Å²) in [5.74, 6) is -1.99. The third-order valence-corrected chi connectivity index (χ3v) is 3.95. The minimum Gasteiger partial charge on any atom is -0.481 e. The lowest BCUT2D eigenvalue weighted by molar-refractivity contribution is -0.144. The third kappa shape index (κ3) is 5.88. The number of nitrogens with zero attached hydrogens (tertiary/aromatic N) is 2. The monoisotopic (exact) mass is 336 g/mol. The van der Waals surface area contributed by atoms with Crippen molar-refractivity contribution < 1.29 is 19.8 Å². The van der Waals surface area contributed by atoms with Crippen LogP contribution < -0.4 is 10.6 Å². The van der Waals surface area contributed by atoms with Crippen LogP contribution in [0.15, 0.2) is 18.2 Å². The number of hydrogen-bond donors (Lipinski definition) is 4. The molecule has 24 heavy (non-hydrogen) atoms. The van der Waals surface area contributed by atoms with Gasteiger partial charge in [0.25, 0.3) is 0 Å². The van der Waals surface area contributed by atoms with Crippen molar-refractivity contribution in [1.29, 1.82) is 0 Å². The minimum atomic E-state index is -0.999. The van der Waals surface area contributed by atoms with Gasteiger partial charge in [-0.3, -0.25) is 19.5 Å². The van der Waals surface area contributed by atoms with Gasteiger partial charge in [0.05, 0.1) is 11.4 Å². The second-order valence-electron chi connectivity index (χ2n) is 5.80. The summed E-state index contributed by atoms with van der Waals surface area (Å²) < 4.78 is 0. The number of rotatable bonds is 5. The van der Waals surface area contributed by atoms with Crippen molar-refractivity contribution in [2.45, 2.75) is 32.0 Å². The Hall–Kier alpha value is -2.03. The molecule has 2 rings (SSSR count). The molecule has 0 aromatic carbocycles. The Morgan fingerprint density at radius 2 is 1.92 bits per heavy atom. The van der Waals surface area contributed by atoms with E-state index in [-0.39, 0.29) is 12.8 Å². The van der Waals surface area contributed by atoms with Gasteiger partial charge in [-0.2, -0.15) is 0 Å². The molecule has 1 aromatic heterocycles. The molecule has 1 aromatic rings. The van der Waals surface area contributed by atoms with Gasteiger partial charge in [-0.25, -0.2) is 0 Å². The molecule has 8 heteroatoms. The molecule has 0 saturated heterocycles. The predicted octanol–water partition coefficient (Wildman–Crippen LogP) is -0.106. The number of hydrogen-bond acceptors (Lipinski definition) is 6. The van der Waals surface area contributed by atoms with Crippen LogP contribution >= 0.6 is 0 Å². The highest BCUT2D eigenvalue weighted by Crippen LogP contribution is 2.13. The Kier molecular flexibility index (Phi) is 7.10. The van der Waals surface area contributed by atoms with E-state index in [0.29, 0.717) is 26.2 Å². The largest absolute Gasteiger partial charge is 0.481 e. The summed E-state index contributed by atoms with van der Waals surface area (Å²) in [6.45, 7) is 3.78. The van der Waals surface area contributed by atoms with Crippen LogP contribution in [0, 0.1) is 0 Å². The normalized spacial score (nSPS) is 18.2. The fraction of sp³-hybridized carbons (Fsp3) is 0.562. The number of pyridine rings is 1. The van der Waals surface area contributed by atoms with E-state index in [9.17, 15) is 14.7 Å². The van der Waals surface area contributed by atoms with Crippen LogP contribution in [-0.4, -0.2) is 64.3 Å². The van der Waals surface area contributed by atoms with E-state index in [4.69, 9.17) is 5.11 Å². The number of carboxylic acid groups (broad SMARTS) is 2. The van der Waals surface area contributed by atoms with E-state index >= 15 is 0 Å². The average molecular weight is 336 g/mol. The number of aliphatic carboxylic acids is 2. The highest BCUT2D eigenvalue weighted by molar-refractivity contribution is 5.75. The second-order valence-corrected chi connectivity index (χ2v) is 5.80. The quantitative estimate of drug-likeness (QED) is 0.589. The van der Waals surface area contributed by atoms with Crippen molar-refractivity contribution in [2.75, 3.05) is 26.2 Å². The molecule has 2 heterocycles. The fourth-order valence-corrected chi connectivity index (χ4v) is 2.73. The Balaban J connectivity index is 2.17. The summed E-state index contributed by atoms with van der Waals surface area (Å²) in [6, 6.07) is 4.87. The Morgan fingerprint density at radius 1 is 1.17 bits per heavy atom. The lowest BCUT2D eigenvalue weighted by atomic mass is 10.1. The van der Waals surface area contributed by atoms with Gasteiger partial charge < -0.3 is 20.8 Å². The first-order chi connectivity index (χ1) is 11.6. The standard InChI is InChI=1S/C16H24N4O4/c21-15(22)5-4-14(16(23)24)20-9-8-17-6-7-18-10-12-2-1-3-13(11-20)19-12/h1-3,14,17-18H,4-11H2,(H,21,22)(H,23,24). The van der Waals surface area contributed by atoms with Crippen LogP contribution in [0.1, 0.15) is 24.2 Å². The third-order valence-electron chi connectivity index (χ3n) is 3.95. The van der Waals surface area contributed by atoms with Gasteiger partial charge >= 0.3 is 11.9 Å². The molecular formula is C16H24N4O4. The molecule has 1 atom stereocenters. The summed E-state index contributed by atoms with van der Waals surface area (Å²) in [7, 11) is 0. The van der Waals surface area contributed by atoms with Crippen LogP contribution in [0.5, 0.6) is 0 Å². The number of nitrogens with one attached hydrogen (secondary N) is 2. The number of carboxylic acids is 2. The van der Waals surface area contributed by atoms with Crippen molar-refractivity contribution in [3.05, 3.63) is 29.6 Å². The summed E-state index contributed by atoms with van der Waals surface area (Å²) >= 11 is 0. The van der Waals surface area contributed by atoms with Crippen molar-refractivity contribution in [2.24, 2.45) is 0 Å². The molecule has 0 fully saturated rings. The Bertz CT molecular complexity index is 567. The van der Waals surface area contributed by atoms with Gasteiger partial charge in [0, 0.05) is 45.7 Å². The first kappa shape index (κ1) is 18.3. The van der Waals surface area contributed by atoms with Gasteiger partial charge in [0.1, 0.15) is 6.04 Å². The first-order valence-corrected chi connectivity index (χ1v) is 8.11. The highest BCUT2D eigenvalue weighted by atomic mass is 16.4. The van der Waals surface area contributed by atoms with Crippen molar-refractivity contribution in [1.82, 2.24) is 20.5 Å². The lowest BCUT2D eigenvalue weighted by Gasteiger charge is -2.29. The molecule has 0 saturated carbocycles. The van der Waals surface area contributed by atoms with Gasteiger partial charge in [0.2, 0.25) is 0 Å². The van der Waals surface area contributed by atoms with E-state index in [0.717, 1.165) is 24.5 Å². The molecule has 4 N–H and O–H groups in total. The van der Waals surface area contributed by atoms with Crippen LogP contribution in [0.4, 0.5) is 0 Å². The molecule has 8 nitrogen and oxygen atoms in total. The summed E-state index contributed by atoms with van der Waals surface area (Å²) in [4.78, 5) is 28.8. The smallest absolute Gasteiger partial charge is 0.320 e. The fourth-order valence-electron chi connectivity index (χ4n) is 2.73. The summed E-state index contributed by atoms with van der Waals surface area (Å²) in [5.41, 5.74) is 1.70. The second kappa shape index (κ2) is 9.31. The summed E-state index contributed by atoms with van der Waals surface area (Å²) in [6.07, 6.45) is -0.0931. The van der Waals surface area contributed by atoms with Gasteiger partial charge in [0.15, 0.2) is 0 Å². The number of aromatic nitrogens is 1. The zero-order valence-electron chi connectivity index (χ0n) is 13.6. The van der Waals surface area contributed by atoms with Crippen LogP contribution in [0.3, 0.4) is 0 Å². The van der Waals surface area contributed by atoms with Crippen LogP contribution in [0.2, 0.25) is 0 Å². The van der Waals surface area contributed by atoms with E-state index in [1.165, 1.54) is 0 Å². The molecule has 1 unspecified atom stereocenters. The molecule has 0 radical (unpaired) electrons. The first-order valence-electron chi connectivity index (χ1n) is 8.11. The minimum absolute atomic E-state index is 0.0753. The Labute approximate surface area is 140 Å². The van der Waals surface area contributed by atoms with E-state index < -0.39 is 18.0 Å². The highest BCUT2D eigenvalue weighted by Gasteiger charge is 2.26. The molecule has 0 amide bonds. The lowest BCUT2D eigenvalue weighted by Crippen LogP contribution is -2.45. The molecule has 132 valence electrons. The van der Waals surface area contributed by atoms with E-state index in [1.807, 2.05) is 18.2 Å². The van der Waals surface area contributed by atoms with E-state index in [2.05, 4.69) is 15.6 Å². The maximum atomic E-state index is 11.6. The molecule has 1 aliphatic heterocycles. The molecule has 1 aliphatic rings. The zero-order chi connectivity index (χ0) is 17.4. The van der Waals surface area contributed by atoms with Crippen molar-refractivity contribution in [3.63, 3.8) is 0 Å². The molecule has 0 aliphatic carbocycles. The van der Waals surface area contributed by atoms with Gasteiger partial charge in [-0.15, -0.1) is 0 Å².